The van der Waals surface area contributed by atoms with Crippen LogP contribution in [0.25, 0.3) is 0 Å². The lowest BCUT2D eigenvalue weighted by Crippen LogP contribution is -2.33. The van der Waals surface area contributed by atoms with Crippen molar-refractivity contribution in [2.75, 3.05) is 6.54 Å². The fourth-order valence-corrected chi connectivity index (χ4v) is 3.68. The van der Waals surface area contributed by atoms with E-state index in [2.05, 4.69) is 19.2 Å². The molecule has 1 heteroatoms. The first-order valence-corrected chi connectivity index (χ1v) is 7.00. The molecule has 0 aromatic rings. The van der Waals surface area contributed by atoms with Gasteiger partial charge < -0.3 is 5.32 Å². The first-order chi connectivity index (χ1) is 7.27. The summed E-state index contributed by atoms with van der Waals surface area (Å²) < 4.78 is 0. The smallest absolute Gasteiger partial charge is 0.0101 e. The molecule has 2 rings (SSSR count). The molecule has 0 radical (unpaired) electrons. The van der Waals surface area contributed by atoms with Crippen LogP contribution in [-0.4, -0.2) is 12.6 Å². The Balaban J connectivity index is 1.88. The third kappa shape index (κ3) is 2.96. The minimum absolute atomic E-state index is 0.841. The molecule has 0 spiro atoms. The van der Waals surface area contributed by atoms with Gasteiger partial charge in [0.2, 0.25) is 0 Å². The first kappa shape index (κ1) is 11.4. The van der Waals surface area contributed by atoms with Gasteiger partial charge in [-0.05, 0) is 37.1 Å². The highest BCUT2D eigenvalue weighted by Gasteiger charge is 2.33. The Bertz CT molecular complexity index is 182. The van der Waals surface area contributed by atoms with E-state index in [1.807, 2.05) is 0 Å². The summed E-state index contributed by atoms with van der Waals surface area (Å²) in [6.07, 6.45) is 10.3. The number of rotatable bonds is 3. The summed E-state index contributed by atoms with van der Waals surface area (Å²) in [6.45, 7) is 5.99. The monoisotopic (exact) mass is 209 g/mol. The molecule has 2 aliphatic rings. The fraction of sp³-hybridized carbons (Fsp3) is 1.00. The molecule has 1 heterocycles. The average molecular weight is 209 g/mol. The molecule has 1 nitrogen and oxygen atoms in total. The molecule has 1 aliphatic carbocycles. The van der Waals surface area contributed by atoms with Crippen molar-refractivity contribution in [3.8, 4) is 0 Å². The molecule has 0 bridgehead atoms. The minimum atomic E-state index is 0.841. The predicted molar refractivity (Wildman–Crippen MR) is 65.9 cm³/mol. The lowest BCUT2D eigenvalue weighted by atomic mass is 9.75. The van der Waals surface area contributed by atoms with Gasteiger partial charge in [-0.3, -0.25) is 0 Å². The Morgan fingerprint density at radius 1 is 1.07 bits per heavy atom. The van der Waals surface area contributed by atoms with Crippen LogP contribution in [0, 0.1) is 17.8 Å². The van der Waals surface area contributed by atoms with Gasteiger partial charge in [0.25, 0.3) is 0 Å². The zero-order chi connectivity index (χ0) is 10.7. The second kappa shape index (κ2) is 5.34. The van der Waals surface area contributed by atoms with Crippen LogP contribution in [0.15, 0.2) is 0 Å². The first-order valence-electron chi connectivity index (χ1n) is 7.00. The number of nitrogens with one attached hydrogen (secondary N) is 1. The third-order valence-corrected chi connectivity index (χ3v) is 4.38. The Hall–Kier alpha value is -0.0400. The average Bonchev–Trinajstić information content (AvgIpc) is 2.66. The molecule has 2 unspecified atom stereocenters. The van der Waals surface area contributed by atoms with E-state index in [0.717, 1.165) is 23.8 Å². The summed E-state index contributed by atoms with van der Waals surface area (Å²) in [5.41, 5.74) is 0. The van der Waals surface area contributed by atoms with Crippen molar-refractivity contribution in [1.29, 1.82) is 0 Å². The molecule has 0 aromatic heterocycles. The molecule has 88 valence electrons. The molecular formula is C14H27N. The van der Waals surface area contributed by atoms with Gasteiger partial charge in [0.15, 0.2) is 0 Å². The third-order valence-electron chi connectivity index (χ3n) is 4.38. The maximum Gasteiger partial charge on any atom is 0.0101 e. The maximum atomic E-state index is 3.74. The quantitative estimate of drug-likeness (QED) is 0.749. The van der Waals surface area contributed by atoms with Crippen molar-refractivity contribution in [1.82, 2.24) is 5.32 Å². The van der Waals surface area contributed by atoms with Crippen LogP contribution in [0.4, 0.5) is 0 Å². The molecule has 15 heavy (non-hydrogen) atoms. The van der Waals surface area contributed by atoms with E-state index in [-0.39, 0.29) is 0 Å². The zero-order valence-electron chi connectivity index (χ0n) is 10.5. The highest BCUT2D eigenvalue weighted by molar-refractivity contribution is 4.89. The van der Waals surface area contributed by atoms with Gasteiger partial charge >= 0.3 is 0 Å². The lowest BCUT2D eigenvalue weighted by Gasteiger charge is -2.32. The molecule has 1 saturated heterocycles. The number of hydrogen-bond acceptors (Lipinski definition) is 1. The normalized spacial score (nSPS) is 33.8. The van der Waals surface area contributed by atoms with Crippen molar-refractivity contribution in [3.05, 3.63) is 0 Å². The second-order valence-electron chi connectivity index (χ2n) is 6.04. The topological polar surface area (TPSA) is 12.0 Å². The van der Waals surface area contributed by atoms with E-state index < -0.39 is 0 Å². The van der Waals surface area contributed by atoms with E-state index in [4.69, 9.17) is 0 Å². The SMILES string of the molecule is CC(C)CC1NCCC1C1CCCCC1. The molecule has 0 aromatic carbocycles. The maximum absolute atomic E-state index is 3.74. The molecule has 0 amide bonds. The summed E-state index contributed by atoms with van der Waals surface area (Å²) in [7, 11) is 0. The standard InChI is InChI=1S/C14H27N/c1-11(2)10-14-13(8-9-15-14)12-6-4-3-5-7-12/h11-15H,3-10H2,1-2H3. The number of hydrogen-bond donors (Lipinski definition) is 1. The van der Waals surface area contributed by atoms with E-state index >= 15 is 0 Å². The molecular weight excluding hydrogens is 182 g/mol. The van der Waals surface area contributed by atoms with Crippen molar-refractivity contribution >= 4 is 0 Å². The Morgan fingerprint density at radius 3 is 2.47 bits per heavy atom. The highest BCUT2D eigenvalue weighted by Crippen LogP contribution is 2.37. The van der Waals surface area contributed by atoms with Crippen molar-refractivity contribution in [2.45, 2.75) is 64.8 Å². The van der Waals surface area contributed by atoms with E-state index in [9.17, 15) is 0 Å². The Kier molecular flexibility index (Phi) is 4.07. The van der Waals surface area contributed by atoms with Gasteiger partial charge in [-0.15, -0.1) is 0 Å². The van der Waals surface area contributed by atoms with Crippen molar-refractivity contribution < 1.29 is 0 Å². The summed E-state index contributed by atoms with van der Waals surface area (Å²) >= 11 is 0. The Labute approximate surface area is 95.0 Å². The molecule has 1 saturated carbocycles. The summed E-state index contributed by atoms with van der Waals surface area (Å²) in [4.78, 5) is 0. The van der Waals surface area contributed by atoms with E-state index in [0.29, 0.717) is 0 Å². The van der Waals surface area contributed by atoms with E-state index in [1.165, 1.54) is 51.5 Å². The zero-order valence-corrected chi connectivity index (χ0v) is 10.5. The summed E-state index contributed by atoms with van der Waals surface area (Å²) in [5, 5.41) is 3.74. The van der Waals surface area contributed by atoms with Crippen LogP contribution in [0.2, 0.25) is 0 Å². The molecule has 1 N–H and O–H groups in total. The molecule has 2 fully saturated rings. The Morgan fingerprint density at radius 2 is 1.80 bits per heavy atom. The molecule has 1 aliphatic heterocycles. The van der Waals surface area contributed by atoms with Crippen LogP contribution in [0.1, 0.15) is 58.8 Å². The highest BCUT2D eigenvalue weighted by atomic mass is 15.0. The van der Waals surface area contributed by atoms with Crippen LogP contribution in [-0.2, 0) is 0 Å². The van der Waals surface area contributed by atoms with Crippen molar-refractivity contribution in [3.63, 3.8) is 0 Å². The summed E-state index contributed by atoms with van der Waals surface area (Å²) in [5.74, 6) is 2.91. The predicted octanol–water partition coefficient (Wildman–Crippen LogP) is 3.59. The van der Waals surface area contributed by atoms with Gasteiger partial charge in [0.05, 0.1) is 0 Å². The van der Waals surface area contributed by atoms with Gasteiger partial charge in [0, 0.05) is 6.04 Å². The summed E-state index contributed by atoms with van der Waals surface area (Å²) in [6, 6.07) is 0.841. The van der Waals surface area contributed by atoms with Gasteiger partial charge in [-0.25, -0.2) is 0 Å². The van der Waals surface area contributed by atoms with E-state index in [1.54, 1.807) is 0 Å². The largest absolute Gasteiger partial charge is 0.314 e. The van der Waals surface area contributed by atoms with Crippen LogP contribution in [0.3, 0.4) is 0 Å². The fourth-order valence-electron chi connectivity index (χ4n) is 3.68. The van der Waals surface area contributed by atoms with Crippen LogP contribution < -0.4 is 5.32 Å². The van der Waals surface area contributed by atoms with Gasteiger partial charge in [0.1, 0.15) is 0 Å². The van der Waals surface area contributed by atoms with Crippen LogP contribution in [0.5, 0.6) is 0 Å². The van der Waals surface area contributed by atoms with Gasteiger partial charge in [-0.2, -0.15) is 0 Å². The van der Waals surface area contributed by atoms with Crippen molar-refractivity contribution in [2.24, 2.45) is 17.8 Å². The molecule has 2 atom stereocenters. The van der Waals surface area contributed by atoms with Crippen LogP contribution >= 0.6 is 0 Å². The second-order valence-corrected chi connectivity index (χ2v) is 6.04. The van der Waals surface area contributed by atoms with Gasteiger partial charge in [-0.1, -0.05) is 46.0 Å². The lowest BCUT2D eigenvalue weighted by molar-refractivity contribution is 0.215. The minimum Gasteiger partial charge on any atom is -0.314 e.